The van der Waals surface area contributed by atoms with Crippen molar-refractivity contribution in [2.45, 2.75) is 44.7 Å². The smallest absolute Gasteiger partial charge is 0.187 e. The number of hydrogen-bond donors (Lipinski definition) is 0. The van der Waals surface area contributed by atoms with E-state index in [2.05, 4.69) is 61.3 Å². The number of pyridine rings is 2. The van der Waals surface area contributed by atoms with E-state index in [1.165, 1.54) is 0 Å². The van der Waals surface area contributed by atoms with Gasteiger partial charge in [-0.3, -0.25) is 19.4 Å². The van der Waals surface area contributed by atoms with E-state index in [0.29, 0.717) is 29.1 Å². The number of aromatic nitrogens is 2. The summed E-state index contributed by atoms with van der Waals surface area (Å²) in [5.74, 6) is 3.91. The van der Waals surface area contributed by atoms with Crippen LogP contribution in [0, 0.1) is 19.7 Å². The lowest BCUT2D eigenvalue weighted by atomic mass is 9.92. The maximum atomic E-state index is 12.6. The molecule has 288 valence electrons. The summed E-state index contributed by atoms with van der Waals surface area (Å²) in [6.45, 7) is 31.4. The Labute approximate surface area is 346 Å². The third kappa shape index (κ3) is 10.6. The van der Waals surface area contributed by atoms with Crippen LogP contribution in [0.2, 0.25) is 19.6 Å². The van der Waals surface area contributed by atoms with Crippen molar-refractivity contribution < 1.29 is 14.3 Å². The van der Waals surface area contributed by atoms with Crippen molar-refractivity contribution in [1.82, 2.24) is 9.97 Å². The van der Waals surface area contributed by atoms with Gasteiger partial charge >= 0.3 is 0 Å². The topological polar surface area (TPSA) is 86.8 Å². The van der Waals surface area contributed by atoms with Crippen LogP contribution in [-0.2, 0) is 0 Å². The number of carbonyl (C=O) groups excluding carboxylic acids is 1. The predicted molar refractivity (Wildman–Crippen MR) is 236 cm³/mol. The monoisotopic (exact) mass is 788 g/mol. The summed E-state index contributed by atoms with van der Waals surface area (Å²) in [7, 11) is -1.21. The Hall–Kier alpha value is -7.67. The van der Waals surface area contributed by atoms with E-state index in [1.54, 1.807) is 30.7 Å². The van der Waals surface area contributed by atoms with Crippen molar-refractivity contribution in [2.75, 3.05) is 0 Å². The van der Waals surface area contributed by atoms with Gasteiger partial charge in [-0.05, 0) is 121 Å². The second-order valence-corrected chi connectivity index (χ2v) is 19.1. The van der Waals surface area contributed by atoms with Gasteiger partial charge in [0.2, 0.25) is 0 Å². The Bertz CT molecular complexity index is 2680. The second-order valence-electron chi connectivity index (χ2n) is 14.5. The number of hydrogen-bond acceptors (Lipinski definition) is 6. The molecule has 9 nitrogen and oxygen atoms in total. The summed E-state index contributed by atoms with van der Waals surface area (Å²) >= 11 is 0. The van der Waals surface area contributed by atoms with Gasteiger partial charge in [-0.15, -0.1) is 0 Å². The quantitative estimate of drug-likeness (QED) is 0.0986. The first-order chi connectivity index (χ1) is 28.6. The van der Waals surface area contributed by atoms with Gasteiger partial charge in [0.25, 0.3) is 0 Å². The third-order valence-electron chi connectivity index (χ3n) is 9.21. The van der Waals surface area contributed by atoms with E-state index in [0.717, 1.165) is 50.5 Å². The van der Waals surface area contributed by atoms with Gasteiger partial charge in [0, 0.05) is 24.4 Å². The molecule has 0 radical (unpaired) electrons. The number of ketones is 1. The Kier molecular flexibility index (Phi) is 13.2. The van der Waals surface area contributed by atoms with Crippen LogP contribution in [0.25, 0.3) is 42.4 Å². The van der Waals surface area contributed by atoms with Crippen LogP contribution in [0.15, 0.2) is 151 Å². The van der Waals surface area contributed by atoms with Crippen molar-refractivity contribution in [3.8, 4) is 33.8 Å². The van der Waals surface area contributed by atoms with Gasteiger partial charge in [0.1, 0.15) is 23.7 Å². The van der Waals surface area contributed by atoms with E-state index in [-0.39, 0.29) is 24.4 Å². The van der Waals surface area contributed by atoms with Crippen molar-refractivity contribution in [3.05, 3.63) is 203 Å². The SMILES string of the molecule is C=C=N[Si](C)(C)C.[C-]#[N+]/C=C1/CC(c2ccccn2)Oc2ccc(-c3cccc([N+]#[C-])c3)cc21.[C-]#[N+]c1cccc(-c2ccc3c(c2)C(=O)CC(c2ccccn2)O3)c1. The molecule has 2 aromatic heterocycles. The minimum atomic E-state index is -1.21. The summed E-state index contributed by atoms with van der Waals surface area (Å²) < 4.78 is 16.2. The first kappa shape index (κ1) is 41.0. The summed E-state index contributed by atoms with van der Waals surface area (Å²) in [5, 5.41) is 0. The van der Waals surface area contributed by atoms with Crippen molar-refractivity contribution in [1.29, 1.82) is 0 Å². The molecule has 4 aromatic carbocycles. The van der Waals surface area contributed by atoms with Crippen LogP contribution in [0.4, 0.5) is 11.4 Å². The molecule has 4 heterocycles. The predicted octanol–water partition coefficient (Wildman–Crippen LogP) is 12.8. The van der Waals surface area contributed by atoms with Crippen LogP contribution < -0.4 is 9.47 Å². The van der Waals surface area contributed by atoms with Crippen LogP contribution in [0.3, 0.4) is 0 Å². The summed E-state index contributed by atoms with van der Waals surface area (Å²) in [5.41, 5.74) is 9.01. The normalized spacial score (nSPS) is 15.5. The van der Waals surface area contributed by atoms with Crippen molar-refractivity contribution >= 4 is 36.8 Å². The number of fused-ring (bicyclic) bond motifs is 2. The van der Waals surface area contributed by atoms with Crippen molar-refractivity contribution in [2.24, 2.45) is 4.66 Å². The molecular weight excluding hydrogens is 749 g/mol. The Morgan fingerprint density at radius 2 is 1.19 bits per heavy atom. The number of ether oxygens (including phenoxy) is 2. The number of Topliss-reactive ketones (excluding diaryl/α,β-unsaturated/α-hetero) is 1. The van der Waals surface area contributed by atoms with Gasteiger partial charge in [-0.2, -0.15) is 0 Å². The lowest BCUT2D eigenvalue weighted by molar-refractivity contribution is 0.0845. The molecule has 2 atom stereocenters. The second kappa shape index (κ2) is 19.0. The lowest BCUT2D eigenvalue weighted by Crippen LogP contribution is -2.21. The van der Waals surface area contributed by atoms with Crippen LogP contribution in [0.1, 0.15) is 52.4 Å². The molecule has 0 spiro atoms. The average molecular weight is 789 g/mol. The van der Waals surface area contributed by atoms with Crippen molar-refractivity contribution in [3.63, 3.8) is 0 Å². The largest absolute Gasteiger partial charge is 0.483 e. The molecule has 8 rings (SSSR count). The fourth-order valence-electron chi connectivity index (χ4n) is 6.48. The van der Waals surface area contributed by atoms with E-state index < -0.39 is 8.24 Å². The molecule has 0 bridgehead atoms. The standard InChI is InChI=1S/C23H15N3O.C21H14N2O2.C5H11NSi/c1-24-15-18-14-23(21-8-3-4-11-26-21)27-22-10-9-17(13-20(18)22)16-6-5-7-19(12-16)25-2;1-22-16-6-4-5-14(11-16)15-8-9-20-17(12-15)19(24)13-21(25-20)18-7-2-3-10-23-18;1-5-6-7(2,3)4/h3-13,15,23H,14H2;2-12,21H,13H2;1H2,2-4H3/b18-15-;;. The number of rotatable bonds is 5. The van der Waals surface area contributed by atoms with Crippen LogP contribution in [-0.4, -0.2) is 29.9 Å². The highest BCUT2D eigenvalue weighted by Crippen LogP contribution is 2.43. The fourth-order valence-corrected chi connectivity index (χ4v) is 6.96. The number of benzene rings is 4. The highest BCUT2D eigenvalue weighted by Gasteiger charge is 2.29. The van der Waals surface area contributed by atoms with Gasteiger partial charge in [-0.25, -0.2) is 14.5 Å². The van der Waals surface area contributed by atoms with Crippen LogP contribution in [0.5, 0.6) is 11.5 Å². The molecule has 0 saturated heterocycles. The fraction of sp³-hybridized carbons (Fsp3) is 0.143. The number of carbonyl (C=O) groups is 1. The van der Waals surface area contributed by atoms with Gasteiger partial charge in [0.05, 0.1) is 43.1 Å². The Morgan fingerprint density at radius 3 is 1.64 bits per heavy atom. The summed E-state index contributed by atoms with van der Waals surface area (Å²) in [6, 6.07) is 37.8. The molecule has 0 saturated carbocycles. The minimum Gasteiger partial charge on any atom is -0.483 e. The zero-order valence-corrected chi connectivity index (χ0v) is 34.0. The van der Waals surface area contributed by atoms with E-state index in [1.807, 2.05) is 109 Å². The number of nitrogens with zero attached hydrogens (tertiary/aromatic N) is 6. The van der Waals surface area contributed by atoms with Crippen LogP contribution >= 0.6 is 0 Å². The molecule has 2 aliphatic heterocycles. The Balaban J connectivity index is 0.000000172. The average Bonchev–Trinajstić information content (AvgIpc) is 3.27. The molecule has 0 aliphatic carbocycles. The van der Waals surface area contributed by atoms with Gasteiger partial charge in [0.15, 0.2) is 31.6 Å². The van der Waals surface area contributed by atoms with E-state index in [4.69, 9.17) is 29.2 Å². The molecule has 0 fully saturated rings. The Morgan fingerprint density at radius 1 is 0.678 bits per heavy atom. The first-order valence-electron chi connectivity index (χ1n) is 18.8. The molecule has 2 aliphatic rings. The molecule has 0 amide bonds. The molecule has 6 aromatic rings. The van der Waals surface area contributed by atoms with Gasteiger partial charge in [-0.1, -0.05) is 60.7 Å². The van der Waals surface area contributed by atoms with E-state index in [9.17, 15) is 4.79 Å². The molecule has 59 heavy (non-hydrogen) atoms. The van der Waals surface area contributed by atoms with Gasteiger partial charge < -0.3 is 9.47 Å². The zero-order valence-electron chi connectivity index (χ0n) is 33.0. The highest BCUT2D eigenvalue weighted by molar-refractivity contribution is 6.75. The third-order valence-corrected chi connectivity index (χ3v) is 10.0. The van der Waals surface area contributed by atoms with E-state index >= 15 is 0 Å². The minimum absolute atomic E-state index is 0.0417. The summed E-state index contributed by atoms with van der Waals surface area (Å²) in [4.78, 5) is 31.7. The molecule has 0 N–H and O–H groups in total. The molecular formula is C49H40N6O3Si. The highest BCUT2D eigenvalue weighted by atomic mass is 28.3. The maximum Gasteiger partial charge on any atom is 0.187 e. The zero-order chi connectivity index (χ0) is 41.8. The summed E-state index contributed by atoms with van der Waals surface area (Å²) in [6.07, 6.45) is 5.33. The first-order valence-corrected chi connectivity index (χ1v) is 22.3. The molecule has 2 unspecified atom stereocenters. The lowest BCUT2D eigenvalue weighted by Gasteiger charge is -2.28. The maximum absolute atomic E-state index is 12.6. The molecule has 10 heteroatoms.